The number of imidazole rings is 1. The first kappa shape index (κ1) is 8.38. The lowest BCUT2D eigenvalue weighted by atomic mass is 10.3. The maximum atomic E-state index is 5.95. The van der Waals surface area contributed by atoms with Gasteiger partial charge in [-0.2, -0.15) is 0 Å². The van der Waals surface area contributed by atoms with Gasteiger partial charge in [-0.05, 0) is 19.1 Å². The number of fused-ring (bicyclic) bond motifs is 1. The van der Waals surface area contributed by atoms with E-state index in [0.717, 1.165) is 17.0 Å². The van der Waals surface area contributed by atoms with Crippen molar-refractivity contribution in [2.24, 2.45) is 0 Å². The summed E-state index contributed by atoms with van der Waals surface area (Å²) in [4.78, 5) is 4.17. The highest BCUT2D eigenvalue weighted by Gasteiger charge is 2.05. The highest BCUT2D eigenvalue weighted by atomic mass is 35.5. The summed E-state index contributed by atoms with van der Waals surface area (Å²) in [6.45, 7) is 1.93. The van der Waals surface area contributed by atoms with E-state index in [4.69, 9.17) is 11.6 Å². The summed E-state index contributed by atoms with van der Waals surface area (Å²) < 4.78 is 1.96. The lowest BCUT2D eigenvalue weighted by Gasteiger charge is -2.01. The molecule has 0 fully saturated rings. The zero-order valence-electron chi connectivity index (χ0n) is 7.50. The summed E-state index contributed by atoms with van der Waals surface area (Å²) in [6, 6.07) is 3.96. The van der Waals surface area contributed by atoms with Crippen LogP contribution in [0, 0.1) is 6.92 Å². The highest BCUT2D eigenvalue weighted by Crippen LogP contribution is 2.20. The molecule has 2 aromatic heterocycles. The molecule has 0 aliphatic rings. The SMILES string of the molecule is CNc1ccn2c(C)nc(Cl)c2c1. The zero-order valence-corrected chi connectivity index (χ0v) is 8.26. The molecule has 3 nitrogen and oxygen atoms in total. The summed E-state index contributed by atoms with van der Waals surface area (Å²) in [5.74, 6) is 0.905. The van der Waals surface area contributed by atoms with Crippen molar-refractivity contribution >= 4 is 22.8 Å². The van der Waals surface area contributed by atoms with Crippen molar-refractivity contribution < 1.29 is 0 Å². The Kier molecular flexibility index (Phi) is 1.88. The Bertz CT molecular complexity index is 447. The highest BCUT2D eigenvalue weighted by molar-refractivity contribution is 6.32. The minimum Gasteiger partial charge on any atom is -0.388 e. The van der Waals surface area contributed by atoms with Gasteiger partial charge in [-0.3, -0.25) is 0 Å². The third-order valence-corrected chi connectivity index (χ3v) is 2.34. The van der Waals surface area contributed by atoms with Crippen LogP contribution in [0.15, 0.2) is 18.3 Å². The minimum atomic E-state index is 0.551. The van der Waals surface area contributed by atoms with Gasteiger partial charge in [0, 0.05) is 18.9 Å². The largest absolute Gasteiger partial charge is 0.388 e. The third kappa shape index (κ3) is 1.25. The number of anilines is 1. The van der Waals surface area contributed by atoms with E-state index in [1.165, 1.54) is 0 Å². The molecule has 0 saturated carbocycles. The fourth-order valence-electron chi connectivity index (χ4n) is 1.35. The van der Waals surface area contributed by atoms with E-state index in [2.05, 4.69) is 10.3 Å². The minimum absolute atomic E-state index is 0.551. The molecule has 0 atom stereocenters. The number of nitrogens with one attached hydrogen (secondary N) is 1. The molecular weight excluding hydrogens is 186 g/mol. The molecule has 0 unspecified atom stereocenters. The van der Waals surface area contributed by atoms with Gasteiger partial charge >= 0.3 is 0 Å². The Hall–Kier alpha value is -1.22. The molecule has 0 bridgehead atoms. The van der Waals surface area contributed by atoms with Crippen molar-refractivity contribution in [2.75, 3.05) is 12.4 Å². The van der Waals surface area contributed by atoms with E-state index in [1.807, 2.05) is 36.7 Å². The predicted molar refractivity (Wildman–Crippen MR) is 54.5 cm³/mol. The zero-order chi connectivity index (χ0) is 9.42. The average Bonchev–Trinajstić information content (AvgIpc) is 2.42. The number of pyridine rings is 1. The van der Waals surface area contributed by atoms with Crippen molar-refractivity contribution in [1.29, 1.82) is 0 Å². The van der Waals surface area contributed by atoms with Crippen LogP contribution in [0.4, 0.5) is 5.69 Å². The molecule has 0 aliphatic heterocycles. The predicted octanol–water partition coefficient (Wildman–Crippen LogP) is 2.34. The molecule has 1 N–H and O–H groups in total. The van der Waals surface area contributed by atoms with Crippen molar-refractivity contribution in [1.82, 2.24) is 9.38 Å². The van der Waals surface area contributed by atoms with Gasteiger partial charge in [0.05, 0.1) is 5.52 Å². The first-order valence-corrected chi connectivity index (χ1v) is 4.42. The maximum absolute atomic E-state index is 5.95. The Balaban J connectivity index is 2.76. The quantitative estimate of drug-likeness (QED) is 0.757. The average molecular weight is 196 g/mol. The van der Waals surface area contributed by atoms with Gasteiger partial charge in [0.15, 0.2) is 5.15 Å². The molecule has 68 valence electrons. The topological polar surface area (TPSA) is 29.3 Å². The first-order valence-electron chi connectivity index (χ1n) is 4.04. The number of aromatic nitrogens is 2. The summed E-state index contributed by atoms with van der Waals surface area (Å²) >= 11 is 5.95. The van der Waals surface area contributed by atoms with E-state index in [-0.39, 0.29) is 0 Å². The molecule has 13 heavy (non-hydrogen) atoms. The van der Waals surface area contributed by atoms with E-state index in [0.29, 0.717) is 5.15 Å². The second-order valence-electron chi connectivity index (χ2n) is 2.87. The van der Waals surface area contributed by atoms with Gasteiger partial charge in [-0.25, -0.2) is 4.98 Å². The summed E-state index contributed by atoms with van der Waals surface area (Å²) in [5, 5.41) is 3.61. The van der Waals surface area contributed by atoms with Crippen LogP contribution in [-0.4, -0.2) is 16.4 Å². The van der Waals surface area contributed by atoms with Crippen LogP contribution < -0.4 is 5.32 Å². The van der Waals surface area contributed by atoms with Crippen LogP contribution in [0.2, 0.25) is 5.15 Å². The number of rotatable bonds is 1. The summed E-state index contributed by atoms with van der Waals surface area (Å²) in [5.41, 5.74) is 1.97. The molecule has 4 heteroatoms. The van der Waals surface area contributed by atoms with E-state index in [1.54, 1.807) is 0 Å². The Morgan fingerprint density at radius 2 is 2.31 bits per heavy atom. The first-order chi connectivity index (χ1) is 6.22. The fourth-order valence-corrected chi connectivity index (χ4v) is 1.62. The Morgan fingerprint density at radius 1 is 1.54 bits per heavy atom. The van der Waals surface area contributed by atoms with Crippen molar-refractivity contribution in [3.05, 3.63) is 29.3 Å². The van der Waals surface area contributed by atoms with E-state index in [9.17, 15) is 0 Å². The van der Waals surface area contributed by atoms with Gasteiger partial charge < -0.3 is 9.72 Å². The second-order valence-corrected chi connectivity index (χ2v) is 3.23. The molecule has 0 amide bonds. The molecule has 0 aliphatic carbocycles. The summed E-state index contributed by atoms with van der Waals surface area (Å²) in [7, 11) is 1.88. The fraction of sp³-hybridized carbons (Fsp3) is 0.222. The lowest BCUT2D eigenvalue weighted by Crippen LogP contribution is -1.91. The van der Waals surface area contributed by atoms with E-state index < -0.39 is 0 Å². The van der Waals surface area contributed by atoms with Crippen LogP contribution in [0.25, 0.3) is 5.52 Å². The van der Waals surface area contributed by atoms with Gasteiger partial charge in [0.2, 0.25) is 0 Å². The van der Waals surface area contributed by atoms with Gasteiger partial charge in [-0.15, -0.1) is 0 Å². The lowest BCUT2D eigenvalue weighted by molar-refractivity contribution is 1.04. The number of nitrogens with zero attached hydrogens (tertiary/aromatic N) is 2. The van der Waals surface area contributed by atoms with E-state index >= 15 is 0 Å². The number of halogens is 1. The van der Waals surface area contributed by atoms with Crippen molar-refractivity contribution in [3.63, 3.8) is 0 Å². The van der Waals surface area contributed by atoms with Crippen LogP contribution >= 0.6 is 11.6 Å². The van der Waals surface area contributed by atoms with Gasteiger partial charge in [-0.1, -0.05) is 11.6 Å². The molecule has 0 saturated heterocycles. The molecule has 0 spiro atoms. The number of hydrogen-bond acceptors (Lipinski definition) is 2. The molecule has 2 aromatic rings. The normalized spacial score (nSPS) is 10.7. The van der Waals surface area contributed by atoms with Crippen molar-refractivity contribution in [2.45, 2.75) is 6.92 Å². The monoisotopic (exact) mass is 195 g/mol. The molecule has 0 radical (unpaired) electrons. The van der Waals surface area contributed by atoms with Crippen LogP contribution in [0.3, 0.4) is 0 Å². The molecule has 2 heterocycles. The molecular formula is C9H10ClN3. The van der Waals surface area contributed by atoms with Gasteiger partial charge in [0.25, 0.3) is 0 Å². The Morgan fingerprint density at radius 3 is 3.00 bits per heavy atom. The number of hydrogen-bond donors (Lipinski definition) is 1. The maximum Gasteiger partial charge on any atom is 0.155 e. The Labute approximate surface area is 81.4 Å². The van der Waals surface area contributed by atoms with Crippen LogP contribution in [0.1, 0.15) is 5.82 Å². The van der Waals surface area contributed by atoms with Crippen LogP contribution in [0.5, 0.6) is 0 Å². The molecule has 0 aromatic carbocycles. The third-order valence-electron chi connectivity index (χ3n) is 2.06. The second kappa shape index (κ2) is 2.92. The smallest absolute Gasteiger partial charge is 0.155 e. The summed E-state index contributed by atoms with van der Waals surface area (Å²) in [6.07, 6.45) is 1.95. The van der Waals surface area contributed by atoms with Crippen molar-refractivity contribution in [3.8, 4) is 0 Å². The van der Waals surface area contributed by atoms with Gasteiger partial charge in [0.1, 0.15) is 5.82 Å². The standard InChI is InChI=1S/C9H10ClN3/c1-6-12-9(10)8-5-7(11-2)3-4-13(6)8/h3-5,11H,1-2H3. The molecule has 2 rings (SSSR count). The number of aryl methyl sites for hydroxylation is 1. The van der Waals surface area contributed by atoms with Crippen LogP contribution in [-0.2, 0) is 0 Å².